The molecule has 3 aromatic carbocycles. The van der Waals surface area contributed by atoms with E-state index in [9.17, 15) is 9.59 Å². The summed E-state index contributed by atoms with van der Waals surface area (Å²) in [6, 6.07) is 23.9. The Bertz CT molecular complexity index is 806. The Morgan fingerprint density at radius 1 is 0.727 bits per heavy atom. The molecule has 0 aliphatic heterocycles. The number of hydrogen-bond donors (Lipinski definition) is 0. The molecule has 105 valence electrons. The molecule has 0 fully saturated rings. The Morgan fingerprint density at radius 2 is 1.36 bits per heavy atom. The average Bonchev–Trinajstić information content (AvgIpc) is 2.62. The number of rotatable bonds is 4. The molecular weight excluding hydrogens is 272 g/mol. The Labute approximate surface area is 129 Å². The van der Waals surface area contributed by atoms with Crippen LogP contribution in [0.1, 0.15) is 21.5 Å². The molecule has 0 saturated heterocycles. The highest BCUT2D eigenvalue weighted by Crippen LogP contribution is 2.23. The molecule has 0 aliphatic rings. The minimum absolute atomic E-state index is 0.170. The SMILES string of the molecule is O=[C]c1ccc(-c2ccccc2)cc1C(=O)c1ccccc1. The molecule has 0 saturated carbocycles. The molecular formula is C20H13O2. The van der Waals surface area contributed by atoms with Gasteiger partial charge in [-0.05, 0) is 23.3 Å². The van der Waals surface area contributed by atoms with Crippen LogP contribution < -0.4 is 0 Å². The third kappa shape index (κ3) is 2.72. The van der Waals surface area contributed by atoms with E-state index in [1.165, 1.54) is 0 Å². The van der Waals surface area contributed by atoms with Crippen molar-refractivity contribution in [2.24, 2.45) is 0 Å². The third-order valence-corrected chi connectivity index (χ3v) is 3.52. The molecule has 0 unspecified atom stereocenters. The first-order chi connectivity index (χ1) is 10.8. The van der Waals surface area contributed by atoms with Gasteiger partial charge in [0, 0.05) is 16.7 Å². The second-order valence-corrected chi connectivity index (χ2v) is 4.92. The fraction of sp³-hybridized carbons (Fsp3) is 0. The molecule has 0 atom stereocenters. The smallest absolute Gasteiger partial charge is 0.234 e. The van der Waals surface area contributed by atoms with Crippen molar-refractivity contribution in [3.8, 4) is 11.1 Å². The van der Waals surface area contributed by atoms with Crippen LogP contribution >= 0.6 is 0 Å². The van der Waals surface area contributed by atoms with Gasteiger partial charge < -0.3 is 0 Å². The summed E-state index contributed by atoms with van der Waals surface area (Å²) in [7, 11) is 0. The van der Waals surface area contributed by atoms with Crippen molar-refractivity contribution in [2.75, 3.05) is 0 Å². The van der Waals surface area contributed by atoms with E-state index in [2.05, 4.69) is 0 Å². The molecule has 0 aromatic heterocycles. The molecule has 0 spiro atoms. The van der Waals surface area contributed by atoms with Gasteiger partial charge in [0.15, 0.2) is 5.78 Å². The van der Waals surface area contributed by atoms with Gasteiger partial charge in [-0.3, -0.25) is 9.59 Å². The van der Waals surface area contributed by atoms with Gasteiger partial charge in [0.1, 0.15) is 0 Å². The first kappa shape index (κ1) is 14.0. The Balaban J connectivity index is 2.10. The molecule has 0 heterocycles. The zero-order chi connectivity index (χ0) is 15.4. The van der Waals surface area contributed by atoms with Gasteiger partial charge in [0.25, 0.3) is 0 Å². The van der Waals surface area contributed by atoms with Crippen molar-refractivity contribution in [1.82, 2.24) is 0 Å². The van der Waals surface area contributed by atoms with Crippen molar-refractivity contribution in [2.45, 2.75) is 0 Å². The highest BCUT2D eigenvalue weighted by molar-refractivity contribution is 6.13. The minimum Gasteiger partial charge on any atom is -0.289 e. The fourth-order valence-electron chi connectivity index (χ4n) is 2.38. The van der Waals surface area contributed by atoms with Gasteiger partial charge in [-0.1, -0.05) is 66.7 Å². The zero-order valence-corrected chi connectivity index (χ0v) is 11.8. The Kier molecular flexibility index (Phi) is 3.92. The number of carbonyl (C=O) groups excluding carboxylic acids is 2. The van der Waals surface area contributed by atoms with Crippen LogP contribution in [0.4, 0.5) is 0 Å². The first-order valence-electron chi connectivity index (χ1n) is 6.97. The molecule has 0 N–H and O–H groups in total. The molecule has 0 amide bonds. The highest BCUT2D eigenvalue weighted by Gasteiger charge is 2.15. The summed E-state index contributed by atoms with van der Waals surface area (Å²) < 4.78 is 0. The normalized spacial score (nSPS) is 10.2. The van der Waals surface area contributed by atoms with E-state index in [1.54, 1.807) is 36.4 Å². The van der Waals surface area contributed by atoms with E-state index < -0.39 is 0 Å². The summed E-state index contributed by atoms with van der Waals surface area (Å²) in [5.74, 6) is -0.170. The van der Waals surface area contributed by atoms with Crippen molar-refractivity contribution >= 4 is 12.1 Å². The molecule has 0 bridgehead atoms. The summed E-state index contributed by atoms with van der Waals surface area (Å²) >= 11 is 0. The molecule has 22 heavy (non-hydrogen) atoms. The molecule has 3 rings (SSSR count). The lowest BCUT2D eigenvalue weighted by atomic mass is 9.94. The average molecular weight is 285 g/mol. The lowest BCUT2D eigenvalue weighted by Gasteiger charge is -2.08. The van der Waals surface area contributed by atoms with Gasteiger partial charge in [0.2, 0.25) is 6.29 Å². The summed E-state index contributed by atoms with van der Waals surface area (Å²) in [5, 5.41) is 0. The number of ketones is 1. The van der Waals surface area contributed by atoms with Crippen LogP contribution in [0.3, 0.4) is 0 Å². The van der Waals surface area contributed by atoms with Gasteiger partial charge in [-0.15, -0.1) is 0 Å². The topological polar surface area (TPSA) is 34.1 Å². The maximum Gasteiger partial charge on any atom is 0.234 e. The number of hydrogen-bond acceptors (Lipinski definition) is 2. The van der Waals surface area contributed by atoms with Crippen LogP contribution in [0.25, 0.3) is 11.1 Å². The zero-order valence-electron chi connectivity index (χ0n) is 11.8. The predicted molar refractivity (Wildman–Crippen MR) is 86.5 cm³/mol. The first-order valence-corrected chi connectivity index (χ1v) is 6.97. The Hall–Kier alpha value is -3.00. The van der Waals surface area contributed by atoms with Crippen LogP contribution in [0.15, 0.2) is 78.9 Å². The van der Waals surface area contributed by atoms with Crippen molar-refractivity contribution < 1.29 is 9.59 Å². The maximum atomic E-state index is 12.6. The van der Waals surface area contributed by atoms with Crippen molar-refractivity contribution in [3.63, 3.8) is 0 Å². The predicted octanol–water partition coefficient (Wildman–Crippen LogP) is 4.04. The van der Waals surface area contributed by atoms with Crippen LogP contribution in [0, 0.1) is 0 Å². The fourth-order valence-corrected chi connectivity index (χ4v) is 2.38. The van der Waals surface area contributed by atoms with Gasteiger partial charge >= 0.3 is 0 Å². The molecule has 2 heteroatoms. The lowest BCUT2D eigenvalue weighted by Crippen LogP contribution is -2.05. The van der Waals surface area contributed by atoms with Crippen molar-refractivity contribution in [3.05, 3.63) is 95.6 Å². The molecule has 2 nitrogen and oxygen atoms in total. The van der Waals surface area contributed by atoms with Crippen LogP contribution in [-0.4, -0.2) is 12.1 Å². The maximum absolute atomic E-state index is 12.6. The van der Waals surface area contributed by atoms with Gasteiger partial charge in [-0.2, -0.15) is 0 Å². The van der Waals surface area contributed by atoms with E-state index >= 15 is 0 Å². The van der Waals surface area contributed by atoms with Crippen LogP contribution in [0.2, 0.25) is 0 Å². The molecule has 0 aliphatic carbocycles. The van der Waals surface area contributed by atoms with Crippen LogP contribution in [-0.2, 0) is 4.79 Å². The van der Waals surface area contributed by atoms with Crippen LogP contribution in [0.5, 0.6) is 0 Å². The second kappa shape index (κ2) is 6.19. The van der Waals surface area contributed by atoms with Gasteiger partial charge in [-0.25, -0.2) is 0 Å². The van der Waals surface area contributed by atoms with E-state index in [0.29, 0.717) is 11.1 Å². The number of benzene rings is 3. The monoisotopic (exact) mass is 285 g/mol. The van der Waals surface area contributed by atoms with E-state index in [0.717, 1.165) is 11.1 Å². The van der Waals surface area contributed by atoms with E-state index in [-0.39, 0.29) is 11.3 Å². The summed E-state index contributed by atoms with van der Waals surface area (Å²) in [6.07, 6.45) is 1.85. The quantitative estimate of drug-likeness (QED) is 0.678. The molecule has 1 radical (unpaired) electrons. The Morgan fingerprint density at radius 3 is 2.00 bits per heavy atom. The molecule has 3 aromatic rings. The summed E-state index contributed by atoms with van der Waals surface area (Å²) in [5.41, 5.74) is 3.13. The highest BCUT2D eigenvalue weighted by atomic mass is 16.1. The van der Waals surface area contributed by atoms with Crippen molar-refractivity contribution in [1.29, 1.82) is 0 Å². The lowest BCUT2D eigenvalue weighted by molar-refractivity contribution is 0.103. The third-order valence-electron chi connectivity index (χ3n) is 3.52. The number of carbonyl (C=O) groups is 1. The van der Waals surface area contributed by atoms with E-state index in [1.807, 2.05) is 48.8 Å². The standard InChI is InChI=1S/C20H13O2/c21-14-18-12-11-17(15-7-3-1-4-8-15)13-19(18)20(22)16-9-5-2-6-10-16/h1-13H. The summed E-state index contributed by atoms with van der Waals surface area (Å²) in [6.45, 7) is 0. The minimum atomic E-state index is -0.170. The second-order valence-electron chi connectivity index (χ2n) is 4.92. The van der Waals surface area contributed by atoms with E-state index in [4.69, 9.17) is 0 Å². The summed E-state index contributed by atoms with van der Waals surface area (Å²) in [4.78, 5) is 23.8. The largest absolute Gasteiger partial charge is 0.289 e. The van der Waals surface area contributed by atoms with Gasteiger partial charge in [0.05, 0.1) is 0 Å².